The number of hydrogen-bond donors (Lipinski definition) is 0. The number of rotatable bonds is 7. The molecule has 174 valence electrons. The second-order valence-corrected chi connectivity index (χ2v) is 9.13. The van der Waals surface area contributed by atoms with Gasteiger partial charge in [-0.05, 0) is 48.9 Å². The highest BCUT2D eigenvalue weighted by molar-refractivity contribution is 6.01. The zero-order chi connectivity index (χ0) is 22.9. The van der Waals surface area contributed by atoms with Crippen molar-refractivity contribution >= 4 is 17.5 Å². The average Bonchev–Trinajstić information content (AvgIpc) is 3.42. The number of ether oxygens (including phenoxy) is 2. The fraction of sp³-hybridized carbons (Fsp3) is 0.462. The fourth-order valence-electron chi connectivity index (χ4n) is 4.89. The summed E-state index contributed by atoms with van der Waals surface area (Å²) in [5, 5.41) is 0. The predicted molar refractivity (Wildman–Crippen MR) is 126 cm³/mol. The van der Waals surface area contributed by atoms with Gasteiger partial charge in [-0.15, -0.1) is 0 Å². The Balaban J connectivity index is 1.24. The van der Waals surface area contributed by atoms with Gasteiger partial charge in [-0.1, -0.05) is 18.2 Å². The molecule has 3 heterocycles. The number of hydrogen-bond acceptors (Lipinski definition) is 6. The van der Waals surface area contributed by atoms with E-state index in [1.807, 2.05) is 0 Å². The number of imide groups is 1. The van der Waals surface area contributed by atoms with Crippen molar-refractivity contribution in [2.45, 2.75) is 38.8 Å². The Bertz CT molecular complexity index is 1050. The first kappa shape index (κ1) is 21.8. The number of nitrogens with zero attached hydrogens (tertiary/aromatic N) is 3. The molecule has 3 aliphatic heterocycles. The van der Waals surface area contributed by atoms with E-state index in [9.17, 15) is 9.59 Å². The molecule has 2 aromatic carbocycles. The van der Waals surface area contributed by atoms with Crippen LogP contribution in [0.3, 0.4) is 0 Å². The summed E-state index contributed by atoms with van der Waals surface area (Å²) >= 11 is 0. The summed E-state index contributed by atoms with van der Waals surface area (Å²) in [6.07, 6.45) is 1.67. The van der Waals surface area contributed by atoms with Crippen LogP contribution in [0.1, 0.15) is 42.5 Å². The van der Waals surface area contributed by atoms with Crippen LogP contribution in [0.5, 0.6) is 11.5 Å². The van der Waals surface area contributed by atoms with Gasteiger partial charge in [-0.25, -0.2) is 0 Å². The third kappa shape index (κ3) is 4.42. The van der Waals surface area contributed by atoms with E-state index in [-0.39, 0.29) is 17.9 Å². The number of carbonyl (C=O) groups is 2. The summed E-state index contributed by atoms with van der Waals surface area (Å²) in [4.78, 5) is 29.8. The zero-order valence-electron chi connectivity index (χ0n) is 19.4. The molecule has 33 heavy (non-hydrogen) atoms. The van der Waals surface area contributed by atoms with E-state index in [1.165, 1.54) is 21.6 Å². The number of carbonyl (C=O) groups excluding carboxylic acids is 2. The molecule has 1 atom stereocenters. The molecule has 3 aliphatic rings. The highest BCUT2D eigenvalue weighted by Crippen LogP contribution is 2.34. The van der Waals surface area contributed by atoms with E-state index < -0.39 is 0 Å². The van der Waals surface area contributed by atoms with E-state index in [2.05, 4.69) is 60.2 Å². The van der Waals surface area contributed by atoms with E-state index in [4.69, 9.17) is 9.47 Å². The van der Waals surface area contributed by atoms with Crippen LogP contribution in [-0.2, 0) is 22.6 Å². The van der Waals surface area contributed by atoms with Crippen molar-refractivity contribution in [3.63, 3.8) is 0 Å². The molecular weight excluding hydrogens is 418 g/mol. The molecule has 0 bridgehead atoms. The first-order chi connectivity index (χ1) is 16.0. The summed E-state index contributed by atoms with van der Waals surface area (Å²) < 4.78 is 11.6. The number of amides is 2. The smallest absolute Gasteiger partial charge is 0.229 e. The molecule has 0 radical (unpaired) electrons. The highest BCUT2D eigenvalue weighted by Gasteiger charge is 2.29. The second-order valence-electron chi connectivity index (χ2n) is 9.13. The van der Waals surface area contributed by atoms with E-state index in [1.54, 1.807) is 0 Å². The van der Waals surface area contributed by atoms with E-state index >= 15 is 0 Å². The fourth-order valence-corrected chi connectivity index (χ4v) is 4.89. The summed E-state index contributed by atoms with van der Waals surface area (Å²) in [5.74, 6) is 1.77. The first-order valence-corrected chi connectivity index (χ1v) is 11.8. The lowest BCUT2D eigenvalue weighted by Gasteiger charge is -2.33. The molecule has 5 rings (SSSR count). The Morgan fingerprint density at radius 2 is 1.73 bits per heavy atom. The third-order valence-electron chi connectivity index (χ3n) is 7.02. The lowest BCUT2D eigenvalue weighted by Crippen LogP contribution is -2.41. The summed E-state index contributed by atoms with van der Waals surface area (Å²) in [6.45, 7) is 6.23. The topological polar surface area (TPSA) is 62.3 Å². The highest BCUT2D eigenvalue weighted by atomic mass is 16.5. The van der Waals surface area contributed by atoms with Crippen molar-refractivity contribution in [3.05, 3.63) is 53.1 Å². The Morgan fingerprint density at radius 1 is 0.939 bits per heavy atom. The maximum Gasteiger partial charge on any atom is 0.229 e. The van der Waals surface area contributed by atoms with Crippen LogP contribution in [0.4, 0.5) is 5.69 Å². The Morgan fingerprint density at radius 3 is 2.55 bits per heavy atom. The zero-order valence-corrected chi connectivity index (χ0v) is 19.4. The van der Waals surface area contributed by atoms with Gasteiger partial charge in [-0.2, -0.15) is 0 Å². The van der Waals surface area contributed by atoms with Gasteiger partial charge in [0.15, 0.2) is 0 Å². The molecule has 0 saturated carbocycles. The molecule has 7 heteroatoms. The average molecular weight is 450 g/mol. The van der Waals surface area contributed by atoms with Gasteiger partial charge in [-0.3, -0.25) is 19.4 Å². The molecule has 0 aliphatic carbocycles. The quantitative estimate of drug-likeness (QED) is 0.605. The molecule has 0 aromatic heterocycles. The van der Waals surface area contributed by atoms with Crippen LogP contribution in [-0.4, -0.2) is 61.5 Å². The van der Waals surface area contributed by atoms with Gasteiger partial charge in [0.1, 0.15) is 18.1 Å². The molecule has 1 fully saturated rings. The van der Waals surface area contributed by atoms with Gasteiger partial charge in [0.2, 0.25) is 11.8 Å². The van der Waals surface area contributed by atoms with Crippen molar-refractivity contribution in [2.24, 2.45) is 0 Å². The second kappa shape index (κ2) is 9.06. The number of anilines is 1. The predicted octanol–water partition coefficient (Wildman–Crippen LogP) is 3.16. The van der Waals surface area contributed by atoms with E-state index in [0.29, 0.717) is 32.5 Å². The van der Waals surface area contributed by atoms with Crippen molar-refractivity contribution in [1.82, 2.24) is 9.80 Å². The SMILES string of the molecule is CC(c1ccc2c(c1)CCO2)N(C)Cc1ccc2c(c1)OCCN2CCN1C(=O)CCC1=O. The largest absolute Gasteiger partial charge is 0.493 e. The normalized spacial score (nSPS) is 18.3. The van der Waals surface area contributed by atoms with Crippen molar-refractivity contribution in [2.75, 3.05) is 44.8 Å². The van der Waals surface area contributed by atoms with Crippen LogP contribution in [0.15, 0.2) is 36.4 Å². The van der Waals surface area contributed by atoms with Crippen molar-refractivity contribution in [3.8, 4) is 11.5 Å². The summed E-state index contributed by atoms with van der Waals surface area (Å²) in [5.41, 5.74) is 4.82. The third-order valence-corrected chi connectivity index (χ3v) is 7.02. The number of benzene rings is 2. The standard InChI is InChI=1S/C26H31N3O4/c1-18(20-4-6-23-21(16-20)9-13-32-23)27(2)17-19-3-5-22-24(15-19)33-14-12-28(22)10-11-29-25(30)7-8-26(29)31/h3-6,15-16,18H,7-14,17H2,1-2H3. The van der Waals surface area contributed by atoms with Gasteiger partial charge >= 0.3 is 0 Å². The van der Waals surface area contributed by atoms with Crippen molar-refractivity contribution < 1.29 is 19.1 Å². The molecule has 2 aromatic rings. The Kier molecular flexibility index (Phi) is 5.98. The van der Waals surface area contributed by atoms with Gasteiger partial charge in [0.05, 0.1) is 18.8 Å². The summed E-state index contributed by atoms with van der Waals surface area (Å²) in [6, 6.07) is 13.2. The molecule has 0 spiro atoms. The minimum Gasteiger partial charge on any atom is -0.493 e. The maximum absolute atomic E-state index is 11.9. The maximum atomic E-state index is 11.9. The number of fused-ring (bicyclic) bond motifs is 2. The lowest BCUT2D eigenvalue weighted by atomic mass is 10.0. The first-order valence-electron chi connectivity index (χ1n) is 11.8. The minimum atomic E-state index is -0.0584. The molecule has 0 N–H and O–H groups in total. The monoisotopic (exact) mass is 449 g/mol. The van der Waals surface area contributed by atoms with Crippen LogP contribution in [0.2, 0.25) is 0 Å². The Hall–Kier alpha value is -3.06. The van der Waals surface area contributed by atoms with Crippen molar-refractivity contribution in [1.29, 1.82) is 0 Å². The molecule has 1 unspecified atom stereocenters. The van der Waals surface area contributed by atoms with Gasteiger partial charge in [0, 0.05) is 44.9 Å². The lowest BCUT2D eigenvalue weighted by molar-refractivity contribution is -0.138. The Labute approximate surface area is 194 Å². The number of likely N-dealkylation sites (tertiary alicyclic amines) is 1. The molecule has 2 amide bonds. The van der Waals surface area contributed by atoms with Crippen LogP contribution < -0.4 is 14.4 Å². The van der Waals surface area contributed by atoms with Crippen LogP contribution in [0.25, 0.3) is 0 Å². The van der Waals surface area contributed by atoms with Gasteiger partial charge < -0.3 is 14.4 Å². The molecular formula is C26H31N3O4. The van der Waals surface area contributed by atoms with Gasteiger partial charge in [0.25, 0.3) is 0 Å². The minimum absolute atomic E-state index is 0.0584. The van der Waals surface area contributed by atoms with Crippen LogP contribution in [0, 0.1) is 0 Å². The summed E-state index contributed by atoms with van der Waals surface area (Å²) in [7, 11) is 2.14. The van der Waals surface area contributed by atoms with Crippen LogP contribution >= 0.6 is 0 Å². The molecule has 7 nitrogen and oxygen atoms in total. The molecule has 1 saturated heterocycles. The van der Waals surface area contributed by atoms with E-state index in [0.717, 1.165) is 43.3 Å².